The van der Waals surface area contributed by atoms with Gasteiger partial charge < -0.3 is 10.6 Å². The molecule has 2 heterocycles. The van der Waals surface area contributed by atoms with Crippen LogP contribution in [0.2, 0.25) is 0 Å². The molecule has 22 heavy (non-hydrogen) atoms. The second kappa shape index (κ2) is 6.43. The van der Waals surface area contributed by atoms with Crippen molar-refractivity contribution in [2.45, 2.75) is 25.3 Å². The van der Waals surface area contributed by atoms with E-state index in [2.05, 4.69) is 15.7 Å². The largest absolute Gasteiger partial charge is 0.354 e. The standard InChI is InChI=1S/C16H18N4O2/c21-15(19-14-4-1-2-9-17-16(14)22)12-5-7-13(8-6-12)20-11-3-10-18-20/h3,5-8,10-11,14H,1-2,4,9H2,(H,17,22)(H,19,21)/t14-/m0/s1. The molecular formula is C16H18N4O2. The Kier molecular flexibility index (Phi) is 4.18. The molecular weight excluding hydrogens is 280 g/mol. The van der Waals surface area contributed by atoms with Gasteiger partial charge in [0.2, 0.25) is 5.91 Å². The molecule has 1 saturated heterocycles. The van der Waals surface area contributed by atoms with Crippen LogP contribution in [-0.4, -0.2) is 34.2 Å². The molecule has 0 saturated carbocycles. The number of aromatic nitrogens is 2. The lowest BCUT2D eigenvalue weighted by Crippen LogP contribution is -2.45. The van der Waals surface area contributed by atoms with E-state index in [4.69, 9.17) is 0 Å². The van der Waals surface area contributed by atoms with Crippen LogP contribution in [0.15, 0.2) is 42.7 Å². The number of nitrogens with one attached hydrogen (secondary N) is 2. The van der Waals surface area contributed by atoms with Crippen LogP contribution < -0.4 is 10.6 Å². The van der Waals surface area contributed by atoms with E-state index in [0.717, 1.165) is 18.5 Å². The average Bonchev–Trinajstić information content (AvgIpc) is 3.00. The number of amides is 2. The third kappa shape index (κ3) is 3.16. The van der Waals surface area contributed by atoms with Crippen molar-refractivity contribution in [3.63, 3.8) is 0 Å². The summed E-state index contributed by atoms with van der Waals surface area (Å²) in [7, 11) is 0. The van der Waals surface area contributed by atoms with E-state index in [9.17, 15) is 9.59 Å². The zero-order valence-corrected chi connectivity index (χ0v) is 12.2. The molecule has 0 aliphatic carbocycles. The minimum absolute atomic E-state index is 0.0981. The maximum atomic E-state index is 12.3. The molecule has 1 aromatic heterocycles. The summed E-state index contributed by atoms with van der Waals surface area (Å²) in [5, 5.41) is 9.76. The Labute approximate surface area is 128 Å². The first kappa shape index (κ1) is 14.3. The highest BCUT2D eigenvalue weighted by Crippen LogP contribution is 2.10. The maximum Gasteiger partial charge on any atom is 0.251 e. The first-order valence-corrected chi connectivity index (χ1v) is 7.43. The van der Waals surface area contributed by atoms with Gasteiger partial charge in [0.15, 0.2) is 0 Å². The van der Waals surface area contributed by atoms with E-state index >= 15 is 0 Å². The molecule has 114 valence electrons. The molecule has 1 aliphatic rings. The maximum absolute atomic E-state index is 12.3. The predicted molar refractivity (Wildman–Crippen MR) is 81.7 cm³/mol. The normalized spacial score (nSPS) is 18.4. The molecule has 1 aromatic carbocycles. The second-order valence-corrected chi connectivity index (χ2v) is 5.31. The zero-order valence-electron chi connectivity index (χ0n) is 12.2. The smallest absolute Gasteiger partial charge is 0.251 e. The number of carbonyl (C=O) groups is 2. The first-order valence-electron chi connectivity index (χ1n) is 7.43. The number of hydrogen-bond donors (Lipinski definition) is 2. The SMILES string of the molecule is O=C(N[C@H]1CCCCNC1=O)c1ccc(-n2cccn2)cc1. The second-order valence-electron chi connectivity index (χ2n) is 5.31. The number of carbonyl (C=O) groups excluding carboxylic acids is 2. The van der Waals surface area contributed by atoms with Gasteiger partial charge in [0.05, 0.1) is 5.69 Å². The van der Waals surface area contributed by atoms with Gasteiger partial charge in [0, 0.05) is 24.5 Å². The van der Waals surface area contributed by atoms with Crippen molar-refractivity contribution in [1.82, 2.24) is 20.4 Å². The monoisotopic (exact) mass is 298 g/mol. The summed E-state index contributed by atoms with van der Waals surface area (Å²) in [5.41, 5.74) is 1.42. The van der Waals surface area contributed by atoms with Crippen molar-refractivity contribution >= 4 is 11.8 Å². The van der Waals surface area contributed by atoms with Crippen molar-refractivity contribution in [2.75, 3.05) is 6.54 Å². The van der Waals surface area contributed by atoms with Crippen molar-refractivity contribution in [2.24, 2.45) is 0 Å². The fourth-order valence-corrected chi connectivity index (χ4v) is 2.51. The summed E-state index contributed by atoms with van der Waals surface area (Å²) in [6.45, 7) is 0.684. The van der Waals surface area contributed by atoms with E-state index in [1.807, 2.05) is 24.4 Å². The predicted octanol–water partition coefficient (Wildman–Crippen LogP) is 1.27. The summed E-state index contributed by atoms with van der Waals surface area (Å²) in [6.07, 6.45) is 6.11. The van der Waals surface area contributed by atoms with Crippen LogP contribution in [0, 0.1) is 0 Å². The van der Waals surface area contributed by atoms with E-state index in [1.165, 1.54) is 0 Å². The third-order valence-electron chi connectivity index (χ3n) is 3.74. The molecule has 0 spiro atoms. The fourth-order valence-electron chi connectivity index (χ4n) is 2.51. The van der Waals surface area contributed by atoms with Crippen molar-refractivity contribution in [1.29, 1.82) is 0 Å². The average molecular weight is 298 g/mol. The molecule has 0 bridgehead atoms. The Morgan fingerprint density at radius 2 is 2.09 bits per heavy atom. The quantitative estimate of drug-likeness (QED) is 0.896. The number of benzene rings is 1. The molecule has 0 radical (unpaired) electrons. The number of hydrogen-bond acceptors (Lipinski definition) is 3. The highest BCUT2D eigenvalue weighted by Gasteiger charge is 2.22. The highest BCUT2D eigenvalue weighted by atomic mass is 16.2. The number of nitrogens with zero attached hydrogens (tertiary/aromatic N) is 2. The summed E-state index contributed by atoms with van der Waals surface area (Å²) >= 11 is 0. The molecule has 2 aromatic rings. The Balaban J connectivity index is 1.68. The topological polar surface area (TPSA) is 76.0 Å². The van der Waals surface area contributed by atoms with Crippen molar-refractivity contribution in [3.8, 4) is 5.69 Å². The molecule has 3 rings (SSSR count). The van der Waals surface area contributed by atoms with Gasteiger partial charge in [-0.2, -0.15) is 5.10 Å². The van der Waals surface area contributed by atoms with Crippen LogP contribution in [0.1, 0.15) is 29.6 Å². The van der Waals surface area contributed by atoms with Gasteiger partial charge in [0.1, 0.15) is 6.04 Å². The van der Waals surface area contributed by atoms with Gasteiger partial charge in [-0.25, -0.2) is 4.68 Å². The van der Waals surface area contributed by atoms with Gasteiger partial charge in [-0.05, 0) is 49.6 Å². The Hall–Kier alpha value is -2.63. The molecule has 6 nitrogen and oxygen atoms in total. The van der Waals surface area contributed by atoms with E-state index in [1.54, 1.807) is 23.0 Å². The van der Waals surface area contributed by atoms with Gasteiger partial charge in [-0.15, -0.1) is 0 Å². The lowest BCUT2D eigenvalue weighted by molar-refractivity contribution is -0.122. The molecule has 2 amide bonds. The molecule has 1 atom stereocenters. The first-order chi connectivity index (χ1) is 10.7. The van der Waals surface area contributed by atoms with Crippen molar-refractivity contribution < 1.29 is 9.59 Å². The van der Waals surface area contributed by atoms with Gasteiger partial charge in [0.25, 0.3) is 5.91 Å². The Bertz CT molecular complexity index is 649. The molecule has 2 N–H and O–H groups in total. The molecule has 1 fully saturated rings. The third-order valence-corrected chi connectivity index (χ3v) is 3.74. The Morgan fingerprint density at radius 1 is 1.27 bits per heavy atom. The lowest BCUT2D eigenvalue weighted by Gasteiger charge is -2.15. The van der Waals surface area contributed by atoms with Crippen LogP contribution in [0.3, 0.4) is 0 Å². The summed E-state index contributed by atoms with van der Waals surface area (Å²) in [4.78, 5) is 24.1. The summed E-state index contributed by atoms with van der Waals surface area (Å²) < 4.78 is 1.72. The van der Waals surface area contributed by atoms with Gasteiger partial charge in [-0.1, -0.05) is 0 Å². The molecule has 6 heteroatoms. The van der Waals surface area contributed by atoms with Crippen LogP contribution in [0.5, 0.6) is 0 Å². The lowest BCUT2D eigenvalue weighted by atomic mass is 10.1. The van der Waals surface area contributed by atoms with Gasteiger partial charge in [-0.3, -0.25) is 9.59 Å². The van der Waals surface area contributed by atoms with E-state index in [0.29, 0.717) is 18.5 Å². The van der Waals surface area contributed by atoms with Crippen LogP contribution in [0.25, 0.3) is 5.69 Å². The van der Waals surface area contributed by atoms with Crippen LogP contribution in [-0.2, 0) is 4.79 Å². The fraction of sp³-hybridized carbons (Fsp3) is 0.312. The molecule has 1 aliphatic heterocycles. The minimum atomic E-state index is -0.444. The van der Waals surface area contributed by atoms with Crippen molar-refractivity contribution in [3.05, 3.63) is 48.3 Å². The summed E-state index contributed by atoms with van der Waals surface area (Å²) in [6, 6.07) is 8.53. The van der Waals surface area contributed by atoms with E-state index in [-0.39, 0.29) is 11.8 Å². The molecule has 0 unspecified atom stereocenters. The highest BCUT2D eigenvalue weighted by molar-refractivity contribution is 5.97. The summed E-state index contributed by atoms with van der Waals surface area (Å²) in [5.74, 6) is -0.326. The van der Waals surface area contributed by atoms with Gasteiger partial charge >= 0.3 is 0 Å². The zero-order chi connectivity index (χ0) is 15.4. The van der Waals surface area contributed by atoms with Crippen LogP contribution >= 0.6 is 0 Å². The van der Waals surface area contributed by atoms with E-state index < -0.39 is 6.04 Å². The Morgan fingerprint density at radius 3 is 2.82 bits per heavy atom. The minimum Gasteiger partial charge on any atom is -0.354 e. The number of rotatable bonds is 3. The van der Waals surface area contributed by atoms with Crippen LogP contribution in [0.4, 0.5) is 0 Å².